The number of carbonyl (C=O) groups is 1. The molecule has 0 unspecified atom stereocenters. The number of hydrogen-bond acceptors (Lipinski definition) is 5. The van der Waals surface area contributed by atoms with Gasteiger partial charge in [0.15, 0.2) is 0 Å². The average Bonchev–Trinajstić information content (AvgIpc) is 2.13. The summed E-state index contributed by atoms with van der Waals surface area (Å²) >= 11 is 0. The Hall–Kier alpha value is -1.85. The molecule has 1 aromatic heterocycles. The van der Waals surface area contributed by atoms with E-state index in [1.54, 1.807) is 0 Å². The minimum atomic E-state index is -0.541. The Kier molecular flexibility index (Phi) is 4.11. The number of nitrogens with one attached hydrogen (secondary N) is 2. The molecule has 6 heteroatoms. The summed E-state index contributed by atoms with van der Waals surface area (Å²) in [5.74, 6) is 0.385. The van der Waals surface area contributed by atoms with Crippen LogP contribution in [0.25, 0.3) is 0 Å². The molecule has 0 aliphatic heterocycles. The summed E-state index contributed by atoms with van der Waals surface area (Å²) in [7, 11) is 0. The van der Waals surface area contributed by atoms with Crippen LogP contribution in [-0.4, -0.2) is 27.5 Å². The first-order valence-electron chi connectivity index (χ1n) is 5.90. The molecular formula is C12H21N5O. The molecule has 0 atom stereocenters. The van der Waals surface area contributed by atoms with E-state index in [0.717, 1.165) is 0 Å². The van der Waals surface area contributed by atoms with E-state index in [0.29, 0.717) is 17.3 Å². The van der Waals surface area contributed by atoms with Gasteiger partial charge in [-0.2, -0.15) is 4.98 Å². The van der Waals surface area contributed by atoms with Crippen LogP contribution in [0.1, 0.15) is 45.0 Å². The standard InChI is InChI=1S/C12H21N5O/c1-7(2)15-10-8(9(13)18)6-14-11(16-10)17-12(3,4)5/h6-7H,1-5H3,(H2,13,18)(H2,14,15,16,17). The van der Waals surface area contributed by atoms with E-state index in [-0.39, 0.29) is 11.6 Å². The number of primary amides is 1. The molecule has 0 aliphatic carbocycles. The van der Waals surface area contributed by atoms with Crippen molar-refractivity contribution in [3.8, 4) is 0 Å². The van der Waals surface area contributed by atoms with Gasteiger partial charge >= 0.3 is 0 Å². The Morgan fingerprint density at radius 2 is 2.00 bits per heavy atom. The summed E-state index contributed by atoms with van der Waals surface area (Å²) in [6, 6.07) is 0.153. The number of aromatic nitrogens is 2. The topological polar surface area (TPSA) is 92.9 Å². The molecular weight excluding hydrogens is 230 g/mol. The van der Waals surface area contributed by atoms with Gasteiger partial charge in [-0.05, 0) is 34.6 Å². The second-order valence-electron chi connectivity index (χ2n) is 5.49. The lowest BCUT2D eigenvalue weighted by atomic mass is 10.1. The van der Waals surface area contributed by atoms with Gasteiger partial charge in [0.1, 0.15) is 5.82 Å². The highest BCUT2D eigenvalue weighted by atomic mass is 16.1. The zero-order chi connectivity index (χ0) is 13.9. The molecule has 0 spiro atoms. The number of nitrogens with two attached hydrogens (primary N) is 1. The maximum atomic E-state index is 11.3. The van der Waals surface area contributed by atoms with Crippen LogP contribution in [-0.2, 0) is 0 Å². The highest BCUT2D eigenvalue weighted by molar-refractivity contribution is 5.97. The van der Waals surface area contributed by atoms with E-state index in [1.165, 1.54) is 6.20 Å². The quantitative estimate of drug-likeness (QED) is 0.756. The molecule has 0 aliphatic rings. The molecule has 18 heavy (non-hydrogen) atoms. The van der Waals surface area contributed by atoms with Gasteiger partial charge in [0, 0.05) is 17.8 Å². The van der Waals surface area contributed by atoms with E-state index in [9.17, 15) is 4.79 Å². The lowest BCUT2D eigenvalue weighted by Crippen LogP contribution is -2.28. The van der Waals surface area contributed by atoms with E-state index in [4.69, 9.17) is 5.73 Å². The lowest BCUT2D eigenvalue weighted by molar-refractivity contribution is 0.100. The van der Waals surface area contributed by atoms with Crippen molar-refractivity contribution in [3.63, 3.8) is 0 Å². The zero-order valence-electron chi connectivity index (χ0n) is 11.5. The number of rotatable bonds is 4. The van der Waals surface area contributed by atoms with Crippen LogP contribution < -0.4 is 16.4 Å². The van der Waals surface area contributed by atoms with E-state index in [2.05, 4.69) is 20.6 Å². The molecule has 0 saturated heterocycles. The van der Waals surface area contributed by atoms with Crippen LogP contribution >= 0.6 is 0 Å². The molecule has 0 aromatic carbocycles. The van der Waals surface area contributed by atoms with Gasteiger partial charge < -0.3 is 16.4 Å². The van der Waals surface area contributed by atoms with Crippen LogP contribution in [0.5, 0.6) is 0 Å². The third-order valence-corrected chi connectivity index (χ3v) is 1.97. The Morgan fingerprint density at radius 1 is 1.39 bits per heavy atom. The fraction of sp³-hybridized carbons (Fsp3) is 0.583. The highest BCUT2D eigenvalue weighted by Crippen LogP contribution is 2.17. The minimum absolute atomic E-state index is 0.149. The number of hydrogen-bond donors (Lipinski definition) is 3. The first-order chi connectivity index (χ1) is 8.19. The molecule has 0 fully saturated rings. The highest BCUT2D eigenvalue weighted by Gasteiger charge is 2.16. The summed E-state index contributed by atoms with van der Waals surface area (Å²) in [4.78, 5) is 19.7. The van der Waals surface area contributed by atoms with Gasteiger partial charge in [-0.15, -0.1) is 0 Å². The van der Waals surface area contributed by atoms with Gasteiger partial charge in [-0.3, -0.25) is 4.79 Å². The second kappa shape index (κ2) is 5.20. The van der Waals surface area contributed by atoms with Gasteiger partial charge in [-0.1, -0.05) is 0 Å². The first kappa shape index (κ1) is 14.2. The molecule has 1 amide bonds. The maximum Gasteiger partial charge on any atom is 0.254 e. The Balaban J connectivity index is 3.09. The summed E-state index contributed by atoms with van der Waals surface area (Å²) in [6.45, 7) is 9.95. The van der Waals surface area contributed by atoms with Gasteiger partial charge in [0.25, 0.3) is 5.91 Å². The summed E-state index contributed by atoms with van der Waals surface area (Å²) in [6.07, 6.45) is 1.44. The van der Waals surface area contributed by atoms with Crippen molar-refractivity contribution in [2.45, 2.75) is 46.2 Å². The normalized spacial score (nSPS) is 11.4. The monoisotopic (exact) mass is 251 g/mol. The van der Waals surface area contributed by atoms with E-state index >= 15 is 0 Å². The van der Waals surface area contributed by atoms with Crippen LogP contribution in [0.2, 0.25) is 0 Å². The Labute approximate surface area is 107 Å². The van der Waals surface area contributed by atoms with E-state index < -0.39 is 5.91 Å². The van der Waals surface area contributed by atoms with Crippen molar-refractivity contribution in [1.82, 2.24) is 9.97 Å². The smallest absolute Gasteiger partial charge is 0.254 e. The van der Waals surface area contributed by atoms with Crippen molar-refractivity contribution in [1.29, 1.82) is 0 Å². The Bertz CT molecular complexity index is 437. The zero-order valence-corrected chi connectivity index (χ0v) is 11.5. The largest absolute Gasteiger partial charge is 0.367 e. The molecule has 1 rings (SSSR count). The molecule has 1 aromatic rings. The predicted molar refractivity (Wildman–Crippen MR) is 72.7 cm³/mol. The minimum Gasteiger partial charge on any atom is -0.367 e. The van der Waals surface area contributed by atoms with Crippen molar-refractivity contribution >= 4 is 17.7 Å². The van der Waals surface area contributed by atoms with Crippen molar-refractivity contribution in [3.05, 3.63) is 11.8 Å². The van der Waals surface area contributed by atoms with E-state index in [1.807, 2.05) is 34.6 Å². The van der Waals surface area contributed by atoms with Crippen LogP contribution in [0.3, 0.4) is 0 Å². The average molecular weight is 251 g/mol. The van der Waals surface area contributed by atoms with Crippen LogP contribution in [0, 0.1) is 0 Å². The second-order valence-corrected chi connectivity index (χ2v) is 5.49. The summed E-state index contributed by atoms with van der Waals surface area (Å²) < 4.78 is 0. The fourth-order valence-electron chi connectivity index (χ4n) is 1.34. The maximum absolute atomic E-state index is 11.3. The molecule has 0 bridgehead atoms. The van der Waals surface area contributed by atoms with Gasteiger partial charge in [0.2, 0.25) is 5.95 Å². The number of anilines is 2. The summed E-state index contributed by atoms with van der Waals surface area (Å²) in [5, 5.41) is 6.24. The fourth-order valence-corrected chi connectivity index (χ4v) is 1.34. The molecule has 1 heterocycles. The first-order valence-corrected chi connectivity index (χ1v) is 5.90. The lowest BCUT2D eigenvalue weighted by Gasteiger charge is -2.21. The molecule has 6 nitrogen and oxygen atoms in total. The summed E-state index contributed by atoms with van der Waals surface area (Å²) in [5.41, 5.74) is 5.43. The third kappa shape index (κ3) is 4.20. The number of carbonyl (C=O) groups excluding carboxylic acids is 1. The Morgan fingerprint density at radius 3 is 2.44 bits per heavy atom. The molecule has 100 valence electrons. The third-order valence-electron chi connectivity index (χ3n) is 1.97. The number of nitrogens with zero attached hydrogens (tertiary/aromatic N) is 2. The predicted octanol–water partition coefficient (Wildman–Crippen LogP) is 1.61. The van der Waals surface area contributed by atoms with Crippen molar-refractivity contribution < 1.29 is 4.79 Å². The van der Waals surface area contributed by atoms with Gasteiger partial charge in [-0.25, -0.2) is 4.98 Å². The van der Waals surface area contributed by atoms with Crippen molar-refractivity contribution in [2.24, 2.45) is 5.73 Å². The van der Waals surface area contributed by atoms with Gasteiger partial charge in [0.05, 0.1) is 5.56 Å². The number of amides is 1. The molecule has 0 saturated carbocycles. The molecule has 0 radical (unpaired) electrons. The van der Waals surface area contributed by atoms with Crippen LogP contribution in [0.15, 0.2) is 6.20 Å². The SMILES string of the molecule is CC(C)Nc1nc(NC(C)(C)C)ncc1C(N)=O. The van der Waals surface area contributed by atoms with Crippen molar-refractivity contribution in [2.75, 3.05) is 10.6 Å². The molecule has 4 N–H and O–H groups in total. The van der Waals surface area contributed by atoms with Crippen LogP contribution in [0.4, 0.5) is 11.8 Å².